The Balaban J connectivity index is 1.74. The van der Waals surface area contributed by atoms with Crippen molar-refractivity contribution in [1.29, 1.82) is 0 Å². The van der Waals surface area contributed by atoms with Crippen LogP contribution in [0.25, 0.3) is 0 Å². The molecule has 1 aromatic carbocycles. The van der Waals surface area contributed by atoms with Gasteiger partial charge in [0.15, 0.2) is 5.78 Å². The molecule has 2 aliphatic heterocycles. The van der Waals surface area contributed by atoms with Crippen LogP contribution in [0.15, 0.2) is 18.2 Å². The van der Waals surface area contributed by atoms with Gasteiger partial charge in [0, 0.05) is 23.7 Å². The number of anilines is 1. The van der Waals surface area contributed by atoms with Crippen LogP contribution >= 0.6 is 0 Å². The lowest BCUT2D eigenvalue weighted by Crippen LogP contribution is -2.24. The molecule has 94 valence electrons. The summed E-state index contributed by atoms with van der Waals surface area (Å²) in [7, 11) is 0. The normalized spacial score (nSPS) is 21.8. The molecule has 1 atom stereocenters. The summed E-state index contributed by atoms with van der Waals surface area (Å²) in [6, 6.07) is 5.81. The van der Waals surface area contributed by atoms with E-state index in [4.69, 9.17) is 0 Å². The maximum absolute atomic E-state index is 12.1. The minimum atomic E-state index is 0.00654. The van der Waals surface area contributed by atoms with Crippen LogP contribution in [-0.4, -0.2) is 24.3 Å². The smallest absolute Gasteiger partial charge is 0.228 e. The Morgan fingerprint density at radius 1 is 1.39 bits per heavy atom. The number of fused-ring (bicyclic) bond motifs is 1. The molecule has 1 unspecified atom stereocenters. The molecule has 0 bridgehead atoms. The number of Topliss-reactive ketones (excluding diaryl/α,β-unsaturated/α-hetero) is 1. The van der Waals surface area contributed by atoms with Crippen molar-refractivity contribution in [3.8, 4) is 0 Å². The maximum Gasteiger partial charge on any atom is 0.228 e. The Morgan fingerprint density at radius 2 is 2.28 bits per heavy atom. The molecule has 0 spiro atoms. The van der Waals surface area contributed by atoms with Crippen molar-refractivity contribution in [3.05, 3.63) is 29.3 Å². The number of carbonyl (C=O) groups is 2. The van der Waals surface area contributed by atoms with Crippen LogP contribution in [-0.2, 0) is 11.2 Å². The number of hydrogen-bond donors (Lipinski definition) is 2. The van der Waals surface area contributed by atoms with E-state index >= 15 is 0 Å². The van der Waals surface area contributed by atoms with E-state index in [1.54, 1.807) is 0 Å². The molecule has 4 nitrogen and oxygen atoms in total. The minimum Gasteiger partial charge on any atom is -0.326 e. The Morgan fingerprint density at radius 3 is 3.06 bits per heavy atom. The van der Waals surface area contributed by atoms with Gasteiger partial charge in [-0.1, -0.05) is 0 Å². The highest BCUT2D eigenvalue weighted by molar-refractivity contribution is 6.02. The monoisotopic (exact) mass is 244 g/mol. The van der Waals surface area contributed by atoms with Gasteiger partial charge in [0.1, 0.15) is 0 Å². The van der Waals surface area contributed by atoms with Gasteiger partial charge < -0.3 is 10.6 Å². The third-order valence-corrected chi connectivity index (χ3v) is 3.65. The molecule has 3 rings (SSSR count). The molecule has 1 aromatic rings. The highest BCUT2D eigenvalue weighted by Gasteiger charge is 2.21. The summed E-state index contributed by atoms with van der Waals surface area (Å²) in [5.74, 6) is 0.170. The van der Waals surface area contributed by atoms with E-state index in [0.29, 0.717) is 18.9 Å². The zero-order valence-electron chi connectivity index (χ0n) is 10.2. The lowest BCUT2D eigenvalue weighted by atomic mass is 10.00. The molecular formula is C14H16N2O2. The highest BCUT2D eigenvalue weighted by atomic mass is 16.1. The second-order valence-corrected chi connectivity index (χ2v) is 5.02. The van der Waals surface area contributed by atoms with Crippen molar-refractivity contribution in [2.75, 3.05) is 11.9 Å². The van der Waals surface area contributed by atoms with Gasteiger partial charge in [0.2, 0.25) is 5.91 Å². The van der Waals surface area contributed by atoms with Gasteiger partial charge in [-0.05, 0) is 43.1 Å². The van der Waals surface area contributed by atoms with Crippen molar-refractivity contribution in [3.63, 3.8) is 0 Å². The summed E-state index contributed by atoms with van der Waals surface area (Å²) in [6.07, 6.45) is 3.18. The van der Waals surface area contributed by atoms with Gasteiger partial charge in [0.05, 0.1) is 6.42 Å². The van der Waals surface area contributed by atoms with Crippen molar-refractivity contribution in [2.45, 2.75) is 31.7 Å². The van der Waals surface area contributed by atoms with Gasteiger partial charge in [-0.2, -0.15) is 0 Å². The predicted molar refractivity (Wildman–Crippen MR) is 68.7 cm³/mol. The first-order valence-corrected chi connectivity index (χ1v) is 6.42. The third kappa shape index (κ3) is 2.16. The quantitative estimate of drug-likeness (QED) is 0.792. The molecule has 4 heteroatoms. The summed E-state index contributed by atoms with van der Waals surface area (Å²) in [4.78, 5) is 23.4. The molecule has 1 fully saturated rings. The van der Waals surface area contributed by atoms with Gasteiger partial charge in [0.25, 0.3) is 0 Å². The lowest BCUT2D eigenvalue weighted by molar-refractivity contribution is -0.115. The number of carbonyl (C=O) groups excluding carboxylic acids is 2. The molecule has 2 N–H and O–H groups in total. The first-order valence-electron chi connectivity index (χ1n) is 6.42. The minimum absolute atomic E-state index is 0.00654. The molecule has 0 radical (unpaired) electrons. The van der Waals surface area contributed by atoms with Crippen LogP contribution in [0.4, 0.5) is 5.69 Å². The molecule has 2 heterocycles. The average Bonchev–Trinajstić information content (AvgIpc) is 2.95. The fraction of sp³-hybridized carbons (Fsp3) is 0.429. The topological polar surface area (TPSA) is 58.2 Å². The number of nitrogens with one attached hydrogen (secondary N) is 2. The Hall–Kier alpha value is -1.68. The van der Waals surface area contributed by atoms with Crippen LogP contribution in [0.2, 0.25) is 0 Å². The van der Waals surface area contributed by atoms with E-state index in [1.807, 2.05) is 18.2 Å². The van der Waals surface area contributed by atoms with Crippen LogP contribution in [0.3, 0.4) is 0 Å². The zero-order chi connectivity index (χ0) is 12.5. The summed E-state index contributed by atoms with van der Waals surface area (Å²) in [5, 5.41) is 6.10. The van der Waals surface area contributed by atoms with Gasteiger partial charge in [-0.3, -0.25) is 9.59 Å². The van der Waals surface area contributed by atoms with Crippen molar-refractivity contribution in [1.82, 2.24) is 5.32 Å². The molecule has 0 aliphatic carbocycles. The molecule has 0 aromatic heterocycles. The number of amides is 1. The SMILES string of the molecule is O=C1Cc2cc(C(=O)CC3CCCN3)ccc2N1. The zero-order valence-corrected chi connectivity index (χ0v) is 10.2. The van der Waals surface area contributed by atoms with Crippen LogP contribution in [0, 0.1) is 0 Å². The first kappa shape index (κ1) is 11.4. The standard InChI is InChI=1S/C14H16N2O2/c17-13(8-11-2-1-5-15-11)9-3-4-12-10(6-9)7-14(18)16-12/h3-4,6,11,15H,1-2,5,7-8H2,(H,16,18). The molecule has 1 amide bonds. The molecule has 2 aliphatic rings. The van der Waals surface area contributed by atoms with E-state index in [9.17, 15) is 9.59 Å². The number of hydrogen-bond acceptors (Lipinski definition) is 3. The molecular weight excluding hydrogens is 228 g/mol. The number of ketones is 1. The van der Waals surface area contributed by atoms with Gasteiger partial charge in [-0.25, -0.2) is 0 Å². The summed E-state index contributed by atoms with van der Waals surface area (Å²) < 4.78 is 0. The largest absolute Gasteiger partial charge is 0.326 e. The molecule has 1 saturated heterocycles. The predicted octanol–water partition coefficient (Wildman–Crippen LogP) is 1.51. The van der Waals surface area contributed by atoms with Crippen LogP contribution in [0.1, 0.15) is 35.2 Å². The second-order valence-electron chi connectivity index (χ2n) is 5.02. The average molecular weight is 244 g/mol. The van der Waals surface area contributed by atoms with Crippen molar-refractivity contribution in [2.24, 2.45) is 0 Å². The summed E-state index contributed by atoms with van der Waals surface area (Å²) in [6.45, 7) is 1.01. The molecule has 0 saturated carbocycles. The third-order valence-electron chi connectivity index (χ3n) is 3.65. The number of benzene rings is 1. The van der Waals surface area contributed by atoms with E-state index in [-0.39, 0.29) is 11.7 Å². The van der Waals surface area contributed by atoms with E-state index in [2.05, 4.69) is 10.6 Å². The maximum atomic E-state index is 12.1. The van der Waals surface area contributed by atoms with Crippen LogP contribution in [0.5, 0.6) is 0 Å². The van der Waals surface area contributed by atoms with Gasteiger partial charge in [-0.15, -0.1) is 0 Å². The highest BCUT2D eigenvalue weighted by Crippen LogP contribution is 2.24. The summed E-state index contributed by atoms with van der Waals surface area (Å²) in [5.41, 5.74) is 2.50. The lowest BCUT2D eigenvalue weighted by Gasteiger charge is -2.09. The summed E-state index contributed by atoms with van der Waals surface area (Å²) >= 11 is 0. The second kappa shape index (κ2) is 4.53. The van der Waals surface area contributed by atoms with E-state index in [0.717, 1.165) is 36.2 Å². The first-order chi connectivity index (χ1) is 8.72. The fourth-order valence-corrected chi connectivity index (χ4v) is 2.68. The van der Waals surface area contributed by atoms with Gasteiger partial charge >= 0.3 is 0 Å². The molecule has 18 heavy (non-hydrogen) atoms. The van der Waals surface area contributed by atoms with E-state index in [1.165, 1.54) is 0 Å². The Bertz CT molecular complexity index is 505. The van der Waals surface area contributed by atoms with E-state index < -0.39 is 0 Å². The fourth-order valence-electron chi connectivity index (χ4n) is 2.68. The van der Waals surface area contributed by atoms with Crippen molar-refractivity contribution < 1.29 is 9.59 Å². The number of rotatable bonds is 3. The van der Waals surface area contributed by atoms with Crippen LogP contribution < -0.4 is 10.6 Å². The Labute approximate surface area is 106 Å². The van der Waals surface area contributed by atoms with Crippen molar-refractivity contribution >= 4 is 17.4 Å². The Kier molecular flexibility index (Phi) is 2.88.